The molecule has 14 heavy (non-hydrogen) atoms. The number of hydrogen-bond acceptors (Lipinski definition) is 1. The molecule has 1 aromatic carbocycles. The van der Waals surface area contributed by atoms with E-state index in [9.17, 15) is 0 Å². The molecular formula is C12H16BrN. The van der Waals surface area contributed by atoms with Gasteiger partial charge < -0.3 is 4.90 Å². The van der Waals surface area contributed by atoms with Crippen LogP contribution in [0.3, 0.4) is 0 Å². The Labute approximate surface area is 94.2 Å². The summed E-state index contributed by atoms with van der Waals surface area (Å²) in [4.78, 5) is 2.43. The maximum Gasteiger partial charge on any atom is 0.0175 e. The second kappa shape index (κ2) is 4.45. The van der Waals surface area contributed by atoms with E-state index in [0.717, 1.165) is 16.3 Å². The van der Waals surface area contributed by atoms with Crippen LogP contribution in [-0.4, -0.2) is 25.0 Å². The molecule has 1 nitrogen and oxygen atoms in total. The molecule has 0 N–H and O–H groups in total. The van der Waals surface area contributed by atoms with Crippen LogP contribution in [0.15, 0.2) is 34.8 Å². The summed E-state index contributed by atoms with van der Waals surface area (Å²) >= 11 is 3.31. The normalized spacial score (nSPS) is 29.0. The Morgan fingerprint density at radius 2 is 1.71 bits per heavy atom. The Kier molecular flexibility index (Phi) is 3.24. The number of benzene rings is 1. The number of rotatable bonds is 0. The number of hydrogen-bond donors (Lipinski definition) is 0. The van der Waals surface area contributed by atoms with Gasteiger partial charge in [0.1, 0.15) is 0 Å². The first-order chi connectivity index (χ1) is 6.75. The third kappa shape index (κ3) is 2.82. The predicted octanol–water partition coefficient (Wildman–Crippen LogP) is 3.02. The minimum absolute atomic E-state index is 1.12. The lowest BCUT2D eigenvalue weighted by Gasteiger charge is -2.06. The zero-order chi connectivity index (χ0) is 9.97. The number of likely N-dealkylation sites (tertiary alicyclic amines) is 1. The van der Waals surface area contributed by atoms with Crippen LogP contribution in [0, 0.1) is 11.8 Å². The Morgan fingerprint density at radius 3 is 2.00 bits per heavy atom. The smallest absolute Gasteiger partial charge is 0.0175 e. The lowest BCUT2D eigenvalue weighted by Crippen LogP contribution is -2.15. The van der Waals surface area contributed by atoms with Gasteiger partial charge in [-0.3, -0.25) is 0 Å². The fourth-order valence-corrected chi connectivity index (χ4v) is 2.35. The molecule has 1 aromatic rings. The molecular weight excluding hydrogens is 238 g/mol. The van der Waals surface area contributed by atoms with E-state index >= 15 is 0 Å². The number of fused-ring (bicyclic) bond motifs is 1. The van der Waals surface area contributed by atoms with Crippen LogP contribution in [-0.2, 0) is 0 Å². The molecule has 0 radical (unpaired) electrons. The van der Waals surface area contributed by atoms with Crippen molar-refractivity contribution in [2.24, 2.45) is 11.8 Å². The van der Waals surface area contributed by atoms with Gasteiger partial charge in [-0.15, -0.1) is 0 Å². The highest BCUT2D eigenvalue weighted by Gasteiger charge is 2.43. The SMILES string of the molecule is Brc1ccccc1.CN1CC2C[C@@H]2C1. The fourth-order valence-electron chi connectivity index (χ4n) is 2.05. The highest BCUT2D eigenvalue weighted by atomic mass is 79.9. The summed E-state index contributed by atoms with van der Waals surface area (Å²) in [5.41, 5.74) is 0. The van der Waals surface area contributed by atoms with Crippen molar-refractivity contribution >= 4 is 15.9 Å². The zero-order valence-electron chi connectivity index (χ0n) is 8.49. The van der Waals surface area contributed by atoms with Crippen LogP contribution in [0.1, 0.15) is 6.42 Å². The Hall–Kier alpha value is -0.340. The zero-order valence-corrected chi connectivity index (χ0v) is 10.1. The van der Waals surface area contributed by atoms with E-state index in [1.165, 1.54) is 19.5 Å². The van der Waals surface area contributed by atoms with Gasteiger partial charge in [-0.25, -0.2) is 0 Å². The first kappa shape index (κ1) is 10.2. The van der Waals surface area contributed by atoms with E-state index < -0.39 is 0 Å². The molecule has 0 bridgehead atoms. The van der Waals surface area contributed by atoms with Crippen molar-refractivity contribution in [1.29, 1.82) is 0 Å². The quantitative estimate of drug-likeness (QED) is 0.688. The summed E-state index contributed by atoms with van der Waals surface area (Å²) in [6, 6.07) is 9.97. The molecule has 0 spiro atoms. The molecule has 2 fully saturated rings. The summed E-state index contributed by atoms with van der Waals surface area (Å²) in [7, 11) is 2.21. The highest BCUT2D eigenvalue weighted by molar-refractivity contribution is 9.10. The molecule has 1 aliphatic heterocycles. The van der Waals surface area contributed by atoms with Crippen molar-refractivity contribution in [2.45, 2.75) is 6.42 Å². The van der Waals surface area contributed by atoms with E-state index in [-0.39, 0.29) is 0 Å². The summed E-state index contributed by atoms with van der Waals surface area (Å²) in [6.45, 7) is 2.76. The van der Waals surface area contributed by atoms with E-state index in [2.05, 4.69) is 27.9 Å². The van der Waals surface area contributed by atoms with Gasteiger partial charge in [0.2, 0.25) is 0 Å². The van der Waals surface area contributed by atoms with E-state index in [0.29, 0.717) is 0 Å². The van der Waals surface area contributed by atoms with Gasteiger partial charge in [0.05, 0.1) is 0 Å². The largest absolute Gasteiger partial charge is 0.306 e. The summed E-state index contributed by atoms with van der Waals surface area (Å²) in [5.74, 6) is 2.23. The van der Waals surface area contributed by atoms with Crippen molar-refractivity contribution < 1.29 is 0 Å². The summed E-state index contributed by atoms with van der Waals surface area (Å²) in [5, 5.41) is 0. The molecule has 1 saturated heterocycles. The monoisotopic (exact) mass is 253 g/mol. The standard InChI is InChI=1S/C6H5Br.C6H11N/c7-6-4-2-1-3-5-6;1-7-3-5-2-6(5)4-7/h1-5H;5-6H,2-4H2,1H3/t;5-,6?/m.1/s1. The maximum atomic E-state index is 3.31. The molecule has 3 rings (SSSR count). The molecule has 2 heteroatoms. The number of halogens is 1. The Bertz CT molecular complexity index is 276. The van der Waals surface area contributed by atoms with Gasteiger partial charge in [-0.1, -0.05) is 34.1 Å². The van der Waals surface area contributed by atoms with E-state index in [4.69, 9.17) is 0 Å². The number of piperidine rings is 1. The molecule has 2 atom stereocenters. The predicted molar refractivity (Wildman–Crippen MR) is 63.2 cm³/mol. The average Bonchev–Trinajstić information content (AvgIpc) is 2.77. The van der Waals surface area contributed by atoms with Gasteiger partial charge in [-0.05, 0) is 37.4 Å². The second-order valence-corrected chi connectivity index (χ2v) is 5.19. The first-order valence-corrected chi connectivity index (χ1v) is 5.94. The summed E-state index contributed by atoms with van der Waals surface area (Å²) in [6.07, 6.45) is 1.53. The maximum absolute atomic E-state index is 3.31. The molecule has 1 unspecified atom stereocenters. The molecule has 76 valence electrons. The van der Waals surface area contributed by atoms with Gasteiger partial charge in [-0.2, -0.15) is 0 Å². The van der Waals surface area contributed by atoms with Crippen molar-refractivity contribution in [3.63, 3.8) is 0 Å². The minimum atomic E-state index is 1.12. The van der Waals surface area contributed by atoms with Crippen LogP contribution in [0.2, 0.25) is 0 Å². The van der Waals surface area contributed by atoms with Crippen molar-refractivity contribution in [3.8, 4) is 0 Å². The van der Waals surface area contributed by atoms with Gasteiger partial charge >= 0.3 is 0 Å². The molecule has 1 heterocycles. The van der Waals surface area contributed by atoms with Gasteiger partial charge in [0.25, 0.3) is 0 Å². The Morgan fingerprint density at radius 1 is 1.14 bits per heavy atom. The van der Waals surface area contributed by atoms with Crippen molar-refractivity contribution in [1.82, 2.24) is 4.90 Å². The lowest BCUT2D eigenvalue weighted by molar-refractivity contribution is 0.373. The molecule has 0 aromatic heterocycles. The topological polar surface area (TPSA) is 3.24 Å². The third-order valence-electron chi connectivity index (χ3n) is 2.89. The molecule has 0 amide bonds. The molecule has 1 saturated carbocycles. The van der Waals surface area contributed by atoms with Gasteiger partial charge in [0.15, 0.2) is 0 Å². The fraction of sp³-hybridized carbons (Fsp3) is 0.500. The Balaban J connectivity index is 0.000000107. The van der Waals surface area contributed by atoms with E-state index in [1.54, 1.807) is 0 Å². The third-order valence-corrected chi connectivity index (χ3v) is 3.42. The minimum Gasteiger partial charge on any atom is -0.306 e. The van der Waals surface area contributed by atoms with Crippen LogP contribution in [0.4, 0.5) is 0 Å². The summed E-state index contributed by atoms with van der Waals surface area (Å²) < 4.78 is 1.13. The number of nitrogens with zero attached hydrogens (tertiary/aromatic N) is 1. The van der Waals surface area contributed by atoms with Crippen LogP contribution in [0.5, 0.6) is 0 Å². The van der Waals surface area contributed by atoms with Crippen LogP contribution < -0.4 is 0 Å². The van der Waals surface area contributed by atoms with Crippen LogP contribution >= 0.6 is 15.9 Å². The van der Waals surface area contributed by atoms with Crippen molar-refractivity contribution in [3.05, 3.63) is 34.8 Å². The van der Waals surface area contributed by atoms with Crippen LogP contribution in [0.25, 0.3) is 0 Å². The average molecular weight is 254 g/mol. The first-order valence-electron chi connectivity index (χ1n) is 5.15. The lowest BCUT2D eigenvalue weighted by atomic mass is 10.4. The second-order valence-electron chi connectivity index (χ2n) is 4.27. The molecule has 1 aliphatic carbocycles. The highest BCUT2D eigenvalue weighted by Crippen LogP contribution is 2.43. The van der Waals surface area contributed by atoms with Crippen molar-refractivity contribution in [2.75, 3.05) is 20.1 Å². The van der Waals surface area contributed by atoms with E-state index in [1.807, 2.05) is 30.3 Å². The van der Waals surface area contributed by atoms with Gasteiger partial charge in [0, 0.05) is 17.6 Å². The molecule has 2 aliphatic rings.